The third-order valence-electron chi connectivity index (χ3n) is 5.17. The lowest BCUT2D eigenvalue weighted by Gasteiger charge is -2.15. The summed E-state index contributed by atoms with van der Waals surface area (Å²) in [4.78, 5) is 38.8. The van der Waals surface area contributed by atoms with Crippen LogP contribution >= 0.6 is 0 Å². The molecule has 31 heavy (non-hydrogen) atoms. The molecule has 1 heterocycles. The van der Waals surface area contributed by atoms with E-state index in [0.717, 1.165) is 11.1 Å². The van der Waals surface area contributed by atoms with Gasteiger partial charge in [-0.3, -0.25) is 19.3 Å². The van der Waals surface area contributed by atoms with E-state index in [0.29, 0.717) is 35.5 Å². The standard InChI is InChI=1S/C24H27N3O4/c1-15-6-7-18(14-16(15)2)21-22(24(30)27(23(21)29)12-5-13-31-4)26-20-10-8-19(9-11-20)25-17(3)28/h6-11,14,26H,5,12-13H2,1-4H3,(H,25,28). The molecule has 0 saturated carbocycles. The number of nitrogens with zero attached hydrogens (tertiary/aromatic N) is 1. The quantitative estimate of drug-likeness (QED) is 0.503. The number of hydrogen-bond acceptors (Lipinski definition) is 5. The van der Waals surface area contributed by atoms with Crippen LogP contribution < -0.4 is 10.6 Å². The lowest BCUT2D eigenvalue weighted by molar-refractivity contribution is -0.137. The highest BCUT2D eigenvalue weighted by molar-refractivity contribution is 6.36. The highest BCUT2D eigenvalue weighted by Crippen LogP contribution is 2.31. The Morgan fingerprint density at radius 3 is 2.26 bits per heavy atom. The van der Waals surface area contributed by atoms with Crippen molar-refractivity contribution in [3.05, 3.63) is 64.9 Å². The van der Waals surface area contributed by atoms with E-state index in [1.165, 1.54) is 11.8 Å². The van der Waals surface area contributed by atoms with Crippen molar-refractivity contribution in [3.8, 4) is 0 Å². The molecule has 0 bridgehead atoms. The summed E-state index contributed by atoms with van der Waals surface area (Å²) in [6.07, 6.45) is 0.562. The van der Waals surface area contributed by atoms with Gasteiger partial charge in [0, 0.05) is 38.6 Å². The molecule has 1 aliphatic heterocycles. The molecule has 7 heteroatoms. The van der Waals surface area contributed by atoms with Crippen molar-refractivity contribution >= 4 is 34.7 Å². The van der Waals surface area contributed by atoms with Crippen molar-refractivity contribution in [3.63, 3.8) is 0 Å². The van der Waals surface area contributed by atoms with Crippen LogP contribution in [0.2, 0.25) is 0 Å². The van der Waals surface area contributed by atoms with Crippen LogP contribution in [0.3, 0.4) is 0 Å². The first-order chi connectivity index (χ1) is 14.8. The van der Waals surface area contributed by atoms with Gasteiger partial charge in [-0.05, 0) is 61.2 Å². The van der Waals surface area contributed by atoms with Crippen molar-refractivity contribution in [2.75, 3.05) is 30.9 Å². The molecule has 3 rings (SSSR count). The zero-order valence-electron chi connectivity index (χ0n) is 18.2. The number of aryl methyl sites for hydroxylation is 2. The number of carbonyl (C=O) groups is 3. The maximum Gasteiger partial charge on any atom is 0.278 e. The lowest BCUT2D eigenvalue weighted by Crippen LogP contribution is -2.33. The van der Waals surface area contributed by atoms with E-state index in [-0.39, 0.29) is 30.0 Å². The van der Waals surface area contributed by atoms with Crippen molar-refractivity contribution in [1.29, 1.82) is 0 Å². The maximum atomic E-state index is 13.2. The molecule has 2 N–H and O–H groups in total. The summed E-state index contributed by atoms with van der Waals surface area (Å²) in [5, 5.41) is 5.83. The summed E-state index contributed by atoms with van der Waals surface area (Å²) < 4.78 is 5.07. The molecule has 0 radical (unpaired) electrons. The third kappa shape index (κ3) is 5.00. The fourth-order valence-corrected chi connectivity index (χ4v) is 3.41. The minimum absolute atomic E-state index is 0.163. The SMILES string of the molecule is COCCCN1C(=O)C(Nc2ccc(NC(C)=O)cc2)=C(c2ccc(C)c(C)c2)C1=O. The van der Waals surface area contributed by atoms with Gasteiger partial charge in [-0.15, -0.1) is 0 Å². The van der Waals surface area contributed by atoms with Crippen LogP contribution in [-0.2, 0) is 19.1 Å². The first kappa shape index (κ1) is 22.2. The molecule has 2 aromatic rings. The van der Waals surface area contributed by atoms with Crippen LogP contribution in [0.4, 0.5) is 11.4 Å². The molecule has 0 fully saturated rings. The Kier molecular flexibility index (Phi) is 6.87. The molecule has 0 aromatic heterocycles. The summed E-state index contributed by atoms with van der Waals surface area (Å²) in [5.74, 6) is -0.842. The smallest absolute Gasteiger partial charge is 0.278 e. The average molecular weight is 421 g/mol. The Balaban J connectivity index is 1.96. The van der Waals surface area contributed by atoms with Crippen LogP contribution in [0.5, 0.6) is 0 Å². The number of rotatable bonds is 8. The molecule has 2 aromatic carbocycles. The van der Waals surface area contributed by atoms with E-state index in [4.69, 9.17) is 4.74 Å². The van der Waals surface area contributed by atoms with Gasteiger partial charge in [0.05, 0.1) is 5.57 Å². The van der Waals surface area contributed by atoms with Crippen LogP contribution in [0, 0.1) is 13.8 Å². The summed E-state index contributed by atoms with van der Waals surface area (Å²) in [6.45, 7) is 6.16. The number of ether oxygens (including phenoxy) is 1. The molecule has 0 aliphatic carbocycles. The predicted molar refractivity (Wildman–Crippen MR) is 120 cm³/mol. The predicted octanol–water partition coefficient (Wildman–Crippen LogP) is 3.49. The molecule has 3 amide bonds. The minimum atomic E-state index is -0.361. The molecule has 1 aliphatic rings. The highest BCUT2D eigenvalue weighted by Gasteiger charge is 2.38. The number of anilines is 2. The second-order valence-electron chi connectivity index (χ2n) is 7.54. The van der Waals surface area contributed by atoms with Gasteiger partial charge in [0.25, 0.3) is 11.8 Å². The Labute approximate surface area is 182 Å². The topological polar surface area (TPSA) is 87.7 Å². The highest BCUT2D eigenvalue weighted by atomic mass is 16.5. The van der Waals surface area contributed by atoms with Gasteiger partial charge in [0.2, 0.25) is 5.91 Å². The second-order valence-corrected chi connectivity index (χ2v) is 7.54. The van der Waals surface area contributed by atoms with Gasteiger partial charge >= 0.3 is 0 Å². The summed E-state index contributed by atoms with van der Waals surface area (Å²) in [5.41, 5.74) is 4.76. The fraction of sp³-hybridized carbons (Fsp3) is 0.292. The largest absolute Gasteiger partial charge is 0.385 e. The summed E-state index contributed by atoms with van der Waals surface area (Å²) in [7, 11) is 1.59. The number of hydrogen-bond donors (Lipinski definition) is 2. The maximum absolute atomic E-state index is 13.2. The molecule has 0 atom stereocenters. The Morgan fingerprint density at radius 2 is 1.65 bits per heavy atom. The monoisotopic (exact) mass is 421 g/mol. The number of carbonyl (C=O) groups excluding carboxylic acids is 3. The zero-order valence-corrected chi connectivity index (χ0v) is 18.2. The molecule has 0 unspecified atom stereocenters. The second kappa shape index (κ2) is 9.57. The Hall–Kier alpha value is -3.45. The average Bonchev–Trinajstić information content (AvgIpc) is 2.95. The normalized spacial score (nSPS) is 13.7. The molecular weight excluding hydrogens is 394 g/mol. The number of benzene rings is 2. The molecule has 162 valence electrons. The summed E-state index contributed by atoms with van der Waals surface area (Å²) >= 11 is 0. The lowest BCUT2D eigenvalue weighted by atomic mass is 9.99. The number of imide groups is 1. The molecule has 0 spiro atoms. The van der Waals surface area contributed by atoms with Gasteiger partial charge in [-0.25, -0.2) is 0 Å². The van der Waals surface area contributed by atoms with Crippen LogP contribution in [0.25, 0.3) is 5.57 Å². The van der Waals surface area contributed by atoms with Crippen molar-refractivity contribution in [2.45, 2.75) is 27.2 Å². The molecule has 7 nitrogen and oxygen atoms in total. The number of amides is 3. The van der Waals surface area contributed by atoms with E-state index < -0.39 is 0 Å². The minimum Gasteiger partial charge on any atom is -0.385 e. The third-order valence-corrected chi connectivity index (χ3v) is 5.17. The first-order valence-corrected chi connectivity index (χ1v) is 10.1. The van der Waals surface area contributed by atoms with Crippen LogP contribution in [-0.4, -0.2) is 42.9 Å². The van der Waals surface area contributed by atoms with E-state index in [1.54, 1.807) is 31.4 Å². The first-order valence-electron chi connectivity index (χ1n) is 10.1. The van der Waals surface area contributed by atoms with Gasteiger partial charge in [0.15, 0.2) is 0 Å². The van der Waals surface area contributed by atoms with E-state index in [9.17, 15) is 14.4 Å². The summed E-state index contributed by atoms with van der Waals surface area (Å²) in [6, 6.07) is 12.7. The fourth-order valence-electron chi connectivity index (χ4n) is 3.41. The van der Waals surface area contributed by atoms with Crippen molar-refractivity contribution in [2.24, 2.45) is 0 Å². The van der Waals surface area contributed by atoms with Gasteiger partial charge in [-0.1, -0.05) is 18.2 Å². The van der Waals surface area contributed by atoms with E-state index >= 15 is 0 Å². The van der Waals surface area contributed by atoms with Crippen molar-refractivity contribution in [1.82, 2.24) is 4.90 Å². The molecular formula is C24H27N3O4. The van der Waals surface area contributed by atoms with Gasteiger partial charge < -0.3 is 15.4 Å². The van der Waals surface area contributed by atoms with Gasteiger partial charge in [-0.2, -0.15) is 0 Å². The number of methoxy groups -OCH3 is 1. The van der Waals surface area contributed by atoms with Crippen LogP contribution in [0.15, 0.2) is 48.2 Å². The zero-order chi connectivity index (χ0) is 22.5. The van der Waals surface area contributed by atoms with Crippen molar-refractivity contribution < 1.29 is 19.1 Å². The van der Waals surface area contributed by atoms with E-state index in [2.05, 4.69) is 10.6 Å². The Bertz CT molecular complexity index is 1040. The molecule has 0 saturated heterocycles. The van der Waals surface area contributed by atoms with Crippen LogP contribution in [0.1, 0.15) is 30.0 Å². The Morgan fingerprint density at radius 1 is 0.968 bits per heavy atom. The number of nitrogens with one attached hydrogen (secondary N) is 2. The van der Waals surface area contributed by atoms with Gasteiger partial charge in [0.1, 0.15) is 5.70 Å². The van der Waals surface area contributed by atoms with E-state index in [1.807, 2.05) is 32.0 Å².